The molecule has 3 atom stereocenters. The molecule has 0 radical (unpaired) electrons. The van der Waals surface area contributed by atoms with Crippen molar-refractivity contribution in [1.82, 2.24) is 0 Å². The highest BCUT2D eigenvalue weighted by atomic mass is 16.6. The molecule has 0 aliphatic heterocycles. The van der Waals surface area contributed by atoms with Crippen LogP contribution in [0.1, 0.15) is 20.3 Å². The van der Waals surface area contributed by atoms with Crippen molar-refractivity contribution in [2.24, 2.45) is 0 Å². The van der Waals surface area contributed by atoms with E-state index in [2.05, 4.69) is 6.58 Å². The van der Waals surface area contributed by atoms with Crippen molar-refractivity contribution in [3.8, 4) is 0 Å². The van der Waals surface area contributed by atoms with Crippen LogP contribution in [0.2, 0.25) is 0 Å². The van der Waals surface area contributed by atoms with E-state index in [9.17, 15) is 10.2 Å². The largest absolute Gasteiger partial charge is 0.394 e. The number of ether oxygens (including phenoxy) is 2. The minimum absolute atomic E-state index is 0.256. The van der Waals surface area contributed by atoms with Crippen LogP contribution in [-0.4, -0.2) is 53.1 Å². The van der Waals surface area contributed by atoms with E-state index in [0.717, 1.165) is 0 Å². The van der Waals surface area contributed by atoms with Crippen molar-refractivity contribution in [3.63, 3.8) is 0 Å². The van der Waals surface area contributed by atoms with Gasteiger partial charge in [-0.3, -0.25) is 0 Å². The first-order valence-electron chi connectivity index (χ1n) is 5.18. The van der Waals surface area contributed by atoms with E-state index in [0.29, 0.717) is 0 Å². The van der Waals surface area contributed by atoms with Gasteiger partial charge in [-0.25, -0.2) is 0 Å². The van der Waals surface area contributed by atoms with Crippen LogP contribution < -0.4 is 0 Å². The normalized spacial score (nSPS) is 17.9. The van der Waals surface area contributed by atoms with Gasteiger partial charge >= 0.3 is 0 Å². The number of rotatable bonds is 8. The van der Waals surface area contributed by atoms with Crippen LogP contribution in [0.15, 0.2) is 12.7 Å². The van der Waals surface area contributed by atoms with Crippen LogP contribution in [0.5, 0.6) is 0 Å². The molecule has 5 heteroatoms. The monoisotopic (exact) mass is 234 g/mol. The van der Waals surface area contributed by atoms with E-state index in [1.54, 1.807) is 0 Å². The molecule has 0 spiro atoms. The first-order chi connectivity index (χ1) is 7.34. The summed E-state index contributed by atoms with van der Waals surface area (Å²) in [7, 11) is 1.45. The molecule has 3 N–H and O–H groups in total. The van der Waals surface area contributed by atoms with Gasteiger partial charge in [-0.15, -0.1) is 6.58 Å². The van der Waals surface area contributed by atoms with Gasteiger partial charge in [-0.1, -0.05) is 6.08 Å². The van der Waals surface area contributed by atoms with Gasteiger partial charge < -0.3 is 24.8 Å². The van der Waals surface area contributed by atoms with E-state index < -0.39 is 24.1 Å². The van der Waals surface area contributed by atoms with E-state index in [1.165, 1.54) is 27.0 Å². The maximum atomic E-state index is 9.52. The lowest BCUT2D eigenvalue weighted by molar-refractivity contribution is -0.220. The van der Waals surface area contributed by atoms with Gasteiger partial charge in [0.25, 0.3) is 0 Å². The fraction of sp³-hybridized carbons (Fsp3) is 0.818. The second-order valence-corrected chi connectivity index (χ2v) is 4.11. The average Bonchev–Trinajstić information content (AvgIpc) is 2.21. The maximum Gasteiger partial charge on any atom is 0.160 e. The summed E-state index contributed by atoms with van der Waals surface area (Å²) in [6.45, 7) is 6.15. The second kappa shape index (κ2) is 6.98. The molecule has 0 amide bonds. The zero-order chi connectivity index (χ0) is 12.8. The van der Waals surface area contributed by atoms with Crippen molar-refractivity contribution >= 4 is 0 Å². The molecule has 16 heavy (non-hydrogen) atoms. The third-order valence-corrected chi connectivity index (χ3v) is 2.08. The van der Waals surface area contributed by atoms with Crippen molar-refractivity contribution < 1.29 is 24.8 Å². The summed E-state index contributed by atoms with van der Waals surface area (Å²) in [6.07, 6.45) is -0.322. The van der Waals surface area contributed by atoms with Crippen molar-refractivity contribution in [3.05, 3.63) is 12.7 Å². The van der Waals surface area contributed by atoms with Crippen molar-refractivity contribution in [1.29, 1.82) is 0 Å². The lowest BCUT2D eigenvalue weighted by atomic mass is 10.1. The van der Waals surface area contributed by atoms with E-state index in [4.69, 9.17) is 14.6 Å². The Morgan fingerprint density at radius 3 is 2.31 bits per heavy atom. The predicted octanol–water partition coefficient (Wildman–Crippen LogP) is 0.0443. The number of methoxy groups -OCH3 is 1. The summed E-state index contributed by atoms with van der Waals surface area (Å²) in [5, 5.41) is 28.1. The van der Waals surface area contributed by atoms with Crippen LogP contribution in [0, 0.1) is 0 Å². The Hall–Kier alpha value is -0.460. The molecule has 0 heterocycles. The Kier molecular flexibility index (Phi) is 6.78. The van der Waals surface area contributed by atoms with Gasteiger partial charge in [0.05, 0.1) is 24.9 Å². The molecule has 0 unspecified atom stereocenters. The molecule has 0 aliphatic carbocycles. The summed E-state index contributed by atoms with van der Waals surface area (Å²) >= 11 is 0. The summed E-state index contributed by atoms with van der Waals surface area (Å²) in [4.78, 5) is 0. The average molecular weight is 234 g/mol. The highest BCUT2D eigenvalue weighted by Gasteiger charge is 2.25. The molecule has 5 nitrogen and oxygen atoms in total. The number of hydrogen-bond donors (Lipinski definition) is 3. The van der Waals surface area contributed by atoms with Gasteiger partial charge in [0.1, 0.15) is 0 Å². The third kappa shape index (κ3) is 6.19. The molecule has 0 saturated heterocycles. The Morgan fingerprint density at radius 1 is 1.44 bits per heavy atom. The fourth-order valence-corrected chi connectivity index (χ4v) is 1.35. The quantitative estimate of drug-likeness (QED) is 0.408. The molecule has 0 aliphatic rings. The van der Waals surface area contributed by atoms with Gasteiger partial charge in [-0.2, -0.15) is 0 Å². The number of aliphatic hydroxyl groups is 3. The summed E-state index contributed by atoms with van der Waals surface area (Å²) in [6, 6.07) is 0. The molecule has 0 aromatic rings. The first-order valence-corrected chi connectivity index (χ1v) is 5.18. The van der Waals surface area contributed by atoms with Crippen molar-refractivity contribution in [2.45, 2.75) is 44.4 Å². The zero-order valence-corrected chi connectivity index (χ0v) is 10.1. The Balaban J connectivity index is 4.33. The molecule has 0 fully saturated rings. The van der Waals surface area contributed by atoms with E-state index in [1.807, 2.05) is 0 Å². The lowest BCUT2D eigenvalue weighted by Gasteiger charge is -2.28. The predicted molar refractivity (Wildman–Crippen MR) is 59.9 cm³/mol. The summed E-state index contributed by atoms with van der Waals surface area (Å²) in [5.41, 5.74) is 0. The van der Waals surface area contributed by atoms with Gasteiger partial charge in [0.15, 0.2) is 5.79 Å². The maximum absolute atomic E-state index is 9.52. The van der Waals surface area contributed by atoms with Crippen LogP contribution in [0.4, 0.5) is 0 Å². The van der Waals surface area contributed by atoms with Crippen LogP contribution >= 0.6 is 0 Å². The van der Waals surface area contributed by atoms with Crippen LogP contribution in [0.25, 0.3) is 0 Å². The Labute approximate surface area is 96.3 Å². The van der Waals surface area contributed by atoms with Crippen molar-refractivity contribution in [2.75, 3.05) is 13.7 Å². The standard InChI is InChI=1S/C11H22O5/c1-5-9(13)10(15-4)6-8(7-12)16-11(2,3)14/h5,8-10,12-14H,1,6-7H2,2-4H3/t8-,9+,10-/m1/s1. The van der Waals surface area contributed by atoms with E-state index in [-0.39, 0.29) is 13.0 Å². The molecule has 0 saturated carbocycles. The summed E-state index contributed by atoms with van der Waals surface area (Å²) in [5.74, 6) is -1.33. The molecule has 0 rings (SSSR count). The van der Waals surface area contributed by atoms with E-state index >= 15 is 0 Å². The zero-order valence-electron chi connectivity index (χ0n) is 10.1. The molecular weight excluding hydrogens is 212 g/mol. The number of aliphatic hydroxyl groups excluding tert-OH is 2. The Morgan fingerprint density at radius 2 is 2.00 bits per heavy atom. The van der Waals surface area contributed by atoms with Gasteiger partial charge in [-0.05, 0) is 13.8 Å². The van der Waals surface area contributed by atoms with Gasteiger partial charge in [0.2, 0.25) is 0 Å². The highest BCUT2D eigenvalue weighted by Crippen LogP contribution is 2.15. The summed E-state index contributed by atoms with van der Waals surface area (Å²) < 4.78 is 10.2. The molecular formula is C11H22O5. The van der Waals surface area contributed by atoms with Crippen LogP contribution in [0.3, 0.4) is 0 Å². The lowest BCUT2D eigenvalue weighted by Crippen LogP contribution is -2.38. The molecule has 96 valence electrons. The van der Waals surface area contributed by atoms with Gasteiger partial charge in [0, 0.05) is 13.5 Å². The third-order valence-electron chi connectivity index (χ3n) is 2.08. The topological polar surface area (TPSA) is 79.2 Å². The number of hydrogen-bond acceptors (Lipinski definition) is 5. The second-order valence-electron chi connectivity index (χ2n) is 4.11. The highest BCUT2D eigenvalue weighted by molar-refractivity contribution is 4.86. The molecule has 0 aromatic heterocycles. The fourth-order valence-electron chi connectivity index (χ4n) is 1.35. The smallest absolute Gasteiger partial charge is 0.160 e. The SMILES string of the molecule is C=C[C@H](O)[C@@H](C[C@H](CO)OC(C)(C)O)OC. The molecule has 0 bridgehead atoms. The minimum Gasteiger partial charge on any atom is -0.394 e. The first kappa shape index (κ1) is 15.5. The Bertz CT molecular complexity index is 199. The minimum atomic E-state index is -1.33. The van der Waals surface area contributed by atoms with Crippen LogP contribution in [-0.2, 0) is 9.47 Å². The molecule has 0 aromatic carbocycles.